The molecule has 8 heteroatoms. The minimum absolute atomic E-state index is 0.0170. The van der Waals surface area contributed by atoms with Gasteiger partial charge in [-0.05, 0) is 12.3 Å². The molecule has 0 radical (unpaired) electrons. The number of rotatable bonds is 8. The molecular formula is C15H22N4O4. The Hall–Kier alpha value is -2.48. The maximum atomic E-state index is 11.6. The van der Waals surface area contributed by atoms with Crippen LogP contribution in [0.15, 0.2) is 24.3 Å². The molecule has 0 spiro atoms. The Bertz CT molecular complexity index is 574. The Balaban J connectivity index is 2.38. The van der Waals surface area contributed by atoms with Crippen molar-refractivity contribution in [3.63, 3.8) is 0 Å². The van der Waals surface area contributed by atoms with Crippen LogP contribution in [0.5, 0.6) is 0 Å². The van der Waals surface area contributed by atoms with Crippen molar-refractivity contribution in [1.29, 1.82) is 0 Å². The molecule has 126 valence electrons. The Labute approximate surface area is 134 Å². The number of nitrogens with two attached hydrogens (primary N) is 1. The standard InChI is InChI=1S/C15H22N4O4/c1-10(2)14(16)15(21)18-9-13(20)17-8-7-11-5-3-4-6-12(11)19(22)23/h3-6,10,14H,7-9,16H2,1-2H3,(H,17,20)(H,18,21)/t14-/m0/s1. The fraction of sp³-hybridized carbons (Fsp3) is 0.467. The average molecular weight is 322 g/mol. The quantitative estimate of drug-likeness (QED) is 0.470. The molecule has 0 saturated heterocycles. The summed E-state index contributed by atoms with van der Waals surface area (Å²) >= 11 is 0. The van der Waals surface area contributed by atoms with Gasteiger partial charge in [-0.1, -0.05) is 32.0 Å². The molecule has 0 saturated carbocycles. The van der Waals surface area contributed by atoms with Gasteiger partial charge in [-0.25, -0.2) is 0 Å². The molecule has 4 N–H and O–H groups in total. The van der Waals surface area contributed by atoms with E-state index in [1.807, 2.05) is 13.8 Å². The monoisotopic (exact) mass is 322 g/mol. The summed E-state index contributed by atoms with van der Waals surface area (Å²) in [5.41, 5.74) is 6.23. The van der Waals surface area contributed by atoms with Crippen molar-refractivity contribution in [2.45, 2.75) is 26.3 Å². The second kappa shape index (κ2) is 8.84. The van der Waals surface area contributed by atoms with Crippen LogP contribution in [0.3, 0.4) is 0 Å². The van der Waals surface area contributed by atoms with E-state index in [1.165, 1.54) is 6.07 Å². The smallest absolute Gasteiger partial charge is 0.272 e. The number of amides is 2. The number of nitro groups is 1. The van der Waals surface area contributed by atoms with Crippen molar-refractivity contribution in [3.8, 4) is 0 Å². The van der Waals surface area contributed by atoms with E-state index >= 15 is 0 Å². The van der Waals surface area contributed by atoms with E-state index < -0.39 is 11.0 Å². The van der Waals surface area contributed by atoms with E-state index in [0.717, 1.165) is 0 Å². The minimum Gasteiger partial charge on any atom is -0.354 e. The van der Waals surface area contributed by atoms with Crippen molar-refractivity contribution in [2.75, 3.05) is 13.1 Å². The Morgan fingerprint density at radius 1 is 1.26 bits per heavy atom. The molecule has 0 fully saturated rings. The second-order valence-corrected chi connectivity index (χ2v) is 5.47. The molecule has 0 aliphatic heterocycles. The van der Waals surface area contributed by atoms with Gasteiger partial charge in [0.15, 0.2) is 0 Å². The van der Waals surface area contributed by atoms with Crippen LogP contribution < -0.4 is 16.4 Å². The third-order valence-electron chi connectivity index (χ3n) is 3.35. The first-order chi connectivity index (χ1) is 10.8. The summed E-state index contributed by atoms with van der Waals surface area (Å²) in [5, 5.41) is 15.9. The first kappa shape index (κ1) is 18.6. The van der Waals surface area contributed by atoms with Gasteiger partial charge in [0.2, 0.25) is 11.8 Å². The van der Waals surface area contributed by atoms with Crippen molar-refractivity contribution in [3.05, 3.63) is 39.9 Å². The maximum absolute atomic E-state index is 11.6. The zero-order chi connectivity index (χ0) is 17.4. The Morgan fingerprint density at radius 3 is 2.52 bits per heavy atom. The number of benzene rings is 1. The predicted octanol–water partition coefficient (Wildman–Crippen LogP) is 0.353. The van der Waals surface area contributed by atoms with E-state index in [4.69, 9.17) is 5.73 Å². The summed E-state index contributed by atoms with van der Waals surface area (Å²) in [6.07, 6.45) is 0.336. The number of para-hydroxylation sites is 1. The topological polar surface area (TPSA) is 127 Å². The third kappa shape index (κ3) is 6.03. The van der Waals surface area contributed by atoms with Gasteiger partial charge >= 0.3 is 0 Å². The van der Waals surface area contributed by atoms with Gasteiger partial charge in [0.1, 0.15) is 0 Å². The zero-order valence-electron chi connectivity index (χ0n) is 13.2. The summed E-state index contributed by atoms with van der Waals surface area (Å²) in [4.78, 5) is 33.7. The van der Waals surface area contributed by atoms with Crippen molar-refractivity contribution >= 4 is 17.5 Å². The van der Waals surface area contributed by atoms with Gasteiger partial charge in [0.25, 0.3) is 5.69 Å². The summed E-state index contributed by atoms with van der Waals surface area (Å²) in [7, 11) is 0. The van der Waals surface area contributed by atoms with Gasteiger partial charge < -0.3 is 16.4 Å². The van der Waals surface area contributed by atoms with Crippen LogP contribution in [0.4, 0.5) is 5.69 Å². The van der Waals surface area contributed by atoms with Gasteiger partial charge in [-0.2, -0.15) is 0 Å². The largest absolute Gasteiger partial charge is 0.354 e. The molecule has 0 aliphatic rings. The predicted molar refractivity (Wildman–Crippen MR) is 85.6 cm³/mol. The second-order valence-electron chi connectivity index (χ2n) is 5.47. The molecular weight excluding hydrogens is 300 g/mol. The van der Waals surface area contributed by atoms with Crippen LogP contribution in [-0.2, 0) is 16.0 Å². The highest BCUT2D eigenvalue weighted by molar-refractivity contribution is 5.87. The number of carbonyl (C=O) groups is 2. The van der Waals surface area contributed by atoms with E-state index in [2.05, 4.69) is 10.6 Å². The highest BCUT2D eigenvalue weighted by atomic mass is 16.6. The molecule has 2 amide bonds. The van der Waals surface area contributed by atoms with Crippen molar-refractivity contribution in [1.82, 2.24) is 10.6 Å². The molecule has 0 heterocycles. The number of carbonyl (C=O) groups excluding carboxylic acids is 2. The average Bonchev–Trinajstić information content (AvgIpc) is 2.52. The van der Waals surface area contributed by atoms with Crippen molar-refractivity contribution in [2.24, 2.45) is 11.7 Å². The molecule has 8 nitrogen and oxygen atoms in total. The van der Waals surface area contributed by atoms with Crippen LogP contribution in [0.2, 0.25) is 0 Å². The lowest BCUT2D eigenvalue weighted by Crippen LogP contribution is -2.47. The number of nitro benzene ring substituents is 1. The highest BCUT2D eigenvalue weighted by Crippen LogP contribution is 2.17. The van der Waals surface area contributed by atoms with Crippen LogP contribution in [0.1, 0.15) is 19.4 Å². The van der Waals surface area contributed by atoms with Crippen LogP contribution in [0, 0.1) is 16.0 Å². The van der Waals surface area contributed by atoms with E-state index in [0.29, 0.717) is 12.0 Å². The van der Waals surface area contributed by atoms with E-state index in [1.54, 1.807) is 18.2 Å². The lowest BCUT2D eigenvalue weighted by Gasteiger charge is -2.15. The zero-order valence-corrected chi connectivity index (χ0v) is 13.2. The van der Waals surface area contributed by atoms with Gasteiger partial charge in [0, 0.05) is 18.2 Å². The van der Waals surface area contributed by atoms with E-state index in [-0.39, 0.29) is 36.5 Å². The van der Waals surface area contributed by atoms with Crippen LogP contribution in [0.25, 0.3) is 0 Å². The molecule has 23 heavy (non-hydrogen) atoms. The summed E-state index contributed by atoms with van der Waals surface area (Å²) in [5.74, 6) is -0.765. The summed E-state index contributed by atoms with van der Waals surface area (Å²) in [6.45, 7) is 3.71. The van der Waals surface area contributed by atoms with Gasteiger partial charge in [0.05, 0.1) is 17.5 Å². The molecule has 1 atom stereocenters. The Morgan fingerprint density at radius 2 is 1.91 bits per heavy atom. The van der Waals surface area contributed by atoms with Gasteiger partial charge in [-0.3, -0.25) is 19.7 Å². The molecule has 1 aromatic rings. The summed E-state index contributed by atoms with van der Waals surface area (Å²) < 4.78 is 0. The van der Waals surface area contributed by atoms with Crippen molar-refractivity contribution < 1.29 is 14.5 Å². The first-order valence-corrected chi connectivity index (χ1v) is 7.35. The highest BCUT2D eigenvalue weighted by Gasteiger charge is 2.17. The number of nitrogens with one attached hydrogen (secondary N) is 2. The molecule has 1 aromatic carbocycles. The summed E-state index contributed by atoms with van der Waals surface area (Å²) in [6, 6.07) is 5.71. The number of hydrogen-bond acceptors (Lipinski definition) is 5. The number of hydrogen-bond donors (Lipinski definition) is 3. The minimum atomic E-state index is -0.658. The van der Waals surface area contributed by atoms with Crippen LogP contribution in [-0.4, -0.2) is 35.9 Å². The molecule has 0 aromatic heterocycles. The Kier molecular flexibility index (Phi) is 7.14. The lowest BCUT2D eigenvalue weighted by atomic mass is 10.1. The van der Waals surface area contributed by atoms with E-state index in [9.17, 15) is 19.7 Å². The fourth-order valence-corrected chi connectivity index (χ4v) is 1.89. The first-order valence-electron chi connectivity index (χ1n) is 7.35. The maximum Gasteiger partial charge on any atom is 0.272 e. The van der Waals surface area contributed by atoms with Crippen LogP contribution >= 0.6 is 0 Å². The molecule has 0 aliphatic carbocycles. The molecule has 0 bridgehead atoms. The van der Waals surface area contributed by atoms with Gasteiger partial charge in [-0.15, -0.1) is 0 Å². The molecule has 1 rings (SSSR count). The SMILES string of the molecule is CC(C)[C@H](N)C(=O)NCC(=O)NCCc1ccccc1[N+](=O)[O-]. The normalized spacial score (nSPS) is 11.8. The lowest BCUT2D eigenvalue weighted by molar-refractivity contribution is -0.385. The number of nitrogens with zero attached hydrogens (tertiary/aromatic N) is 1. The fourth-order valence-electron chi connectivity index (χ4n) is 1.89. The third-order valence-corrected chi connectivity index (χ3v) is 3.35. The molecule has 0 unspecified atom stereocenters.